The van der Waals surface area contributed by atoms with Gasteiger partial charge < -0.3 is 9.47 Å². The molecule has 0 amide bonds. The van der Waals surface area contributed by atoms with E-state index in [9.17, 15) is 0 Å². The lowest BCUT2D eigenvalue weighted by Gasteiger charge is -2.26. The number of hydrogen-bond acceptors (Lipinski definition) is 2. The van der Waals surface area contributed by atoms with Crippen LogP contribution in [-0.4, -0.2) is 9.82 Å². The van der Waals surface area contributed by atoms with Gasteiger partial charge in [0, 0.05) is 38.8 Å². The van der Waals surface area contributed by atoms with Crippen LogP contribution in [0.2, 0.25) is 0 Å². The third-order valence-electron chi connectivity index (χ3n) is 12.1. The van der Waals surface area contributed by atoms with Gasteiger partial charge in [-0.1, -0.05) is 127 Å². The molecule has 0 atom stereocenters. The minimum absolute atomic E-state index is 0.817. The van der Waals surface area contributed by atoms with Crippen molar-refractivity contribution in [3.8, 4) is 39.1 Å². The summed E-state index contributed by atoms with van der Waals surface area (Å²) >= 11 is 1.96. The van der Waals surface area contributed by atoms with Crippen molar-refractivity contribution in [3.63, 3.8) is 0 Å². The highest BCUT2D eigenvalue weighted by molar-refractivity contribution is 8.03. The molecule has 0 saturated heterocycles. The predicted octanol–water partition coefficient (Wildman–Crippen LogP) is 16.1. The van der Waals surface area contributed by atoms with Gasteiger partial charge in [0.15, 0.2) is 0 Å². The van der Waals surface area contributed by atoms with Crippen LogP contribution in [-0.2, 0) is 6.42 Å². The SMILES string of the molecule is C1=Cc2cccc(-c3ccc(N(c4ccc(-c5cccc(/C=C/SC6CC6)c5)cc4)c4ccc(-c5ccc6c(c5)c5ccccc5n6-c5ccccc5)cc4)cc3)c2CC1. The Bertz CT molecular complexity index is 3040. The molecule has 60 heavy (non-hydrogen) atoms. The van der Waals surface area contributed by atoms with E-state index in [1.54, 1.807) is 0 Å². The summed E-state index contributed by atoms with van der Waals surface area (Å²) in [4.78, 5) is 2.38. The summed E-state index contributed by atoms with van der Waals surface area (Å²) in [7, 11) is 0. The number of rotatable bonds is 10. The summed E-state index contributed by atoms with van der Waals surface area (Å²) in [5.41, 5.74) is 18.4. The molecule has 0 aliphatic heterocycles. The quantitative estimate of drug-likeness (QED) is 0.136. The Morgan fingerprint density at radius 2 is 1.15 bits per heavy atom. The minimum Gasteiger partial charge on any atom is -0.311 e. The predicted molar refractivity (Wildman–Crippen MR) is 259 cm³/mol. The summed E-state index contributed by atoms with van der Waals surface area (Å²) in [6, 6.07) is 69.1. The number of allylic oxidation sites excluding steroid dienone is 1. The van der Waals surface area contributed by atoms with Crippen LogP contribution < -0.4 is 4.90 Å². The number of nitrogens with zero attached hydrogens (tertiary/aromatic N) is 2. The van der Waals surface area contributed by atoms with Crippen LogP contribution in [0, 0.1) is 0 Å². The maximum absolute atomic E-state index is 2.38. The van der Waals surface area contributed by atoms with Gasteiger partial charge in [0.05, 0.1) is 11.0 Å². The Morgan fingerprint density at radius 1 is 0.517 bits per heavy atom. The molecule has 0 radical (unpaired) electrons. The van der Waals surface area contributed by atoms with E-state index in [0.29, 0.717) is 0 Å². The van der Waals surface area contributed by atoms with E-state index in [2.05, 4.69) is 221 Å². The molecule has 2 aliphatic carbocycles. The Labute approximate surface area is 356 Å². The fraction of sp³-hybridized carbons (Fsp3) is 0.0877. The van der Waals surface area contributed by atoms with Gasteiger partial charge in [-0.2, -0.15) is 0 Å². The number of anilines is 3. The van der Waals surface area contributed by atoms with E-state index in [1.165, 1.54) is 90.4 Å². The van der Waals surface area contributed by atoms with Crippen molar-refractivity contribution < 1.29 is 0 Å². The minimum atomic E-state index is 0.817. The van der Waals surface area contributed by atoms with E-state index in [0.717, 1.165) is 35.2 Å². The van der Waals surface area contributed by atoms with Crippen molar-refractivity contribution in [1.82, 2.24) is 4.57 Å². The number of thioether (sulfide) groups is 1. The highest BCUT2D eigenvalue weighted by Gasteiger charge is 2.20. The zero-order valence-electron chi connectivity index (χ0n) is 33.4. The first kappa shape index (κ1) is 36.3. The van der Waals surface area contributed by atoms with Crippen LogP contribution in [0.15, 0.2) is 200 Å². The molecule has 1 saturated carbocycles. The second-order valence-electron chi connectivity index (χ2n) is 16.0. The lowest BCUT2D eigenvalue weighted by molar-refractivity contribution is 0.988. The van der Waals surface area contributed by atoms with Gasteiger partial charge in [0.25, 0.3) is 0 Å². The fourth-order valence-corrected chi connectivity index (χ4v) is 9.72. The molecular weight excluding hydrogens is 745 g/mol. The highest BCUT2D eigenvalue weighted by Crippen LogP contribution is 2.41. The first-order valence-corrected chi connectivity index (χ1v) is 22.1. The molecule has 0 N–H and O–H groups in total. The molecule has 0 bridgehead atoms. The van der Waals surface area contributed by atoms with E-state index >= 15 is 0 Å². The zero-order chi connectivity index (χ0) is 39.8. The van der Waals surface area contributed by atoms with Crippen LogP contribution in [0.1, 0.15) is 36.0 Å². The smallest absolute Gasteiger partial charge is 0.0541 e. The molecule has 1 aromatic heterocycles. The van der Waals surface area contributed by atoms with Crippen LogP contribution in [0.3, 0.4) is 0 Å². The Morgan fingerprint density at radius 3 is 1.88 bits per heavy atom. The molecule has 1 fully saturated rings. The molecule has 9 aromatic rings. The average molecular weight is 789 g/mol. The van der Waals surface area contributed by atoms with E-state index in [-0.39, 0.29) is 0 Å². The van der Waals surface area contributed by atoms with Crippen LogP contribution in [0.4, 0.5) is 17.1 Å². The van der Waals surface area contributed by atoms with Gasteiger partial charge in [0.1, 0.15) is 0 Å². The van der Waals surface area contributed by atoms with E-state index < -0.39 is 0 Å². The number of aromatic nitrogens is 1. The van der Waals surface area contributed by atoms with Gasteiger partial charge in [-0.15, -0.1) is 11.8 Å². The topological polar surface area (TPSA) is 8.17 Å². The van der Waals surface area contributed by atoms with Gasteiger partial charge >= 0.3 is 0 Å². The molecule has 288 valence electrons. The summed E-state index contributed by atoms with van der Waals surface area (Å²) in [6.07, 6.45) is 11.7. The largest absolute Gasteiger partial charge is 0.311 e. The first-order valence-electron chi connectivity index (χ1n) is 21.1. The van der Waals surface area contributed by atoms with Crippen molar-refractivity contribution >= 4 is 62.8 Å². The summed E-state index contributed by atoms with van der Waals surface area (Å²) < 4.78 is 2.37. The molecule has 0 spiro atoms. The number of benzene rings is 8. The first-order chi connectivity index (χ1) is 29.7. The monoisotopic (exact) mass is 788 g/mol. The third-order valence-corrected chi connectivity index (χ3v) is 13.2. The second kappa shape index (κ2) is 15.7. The van der Waals surface area contributed by atoms with Crippen LogP contribution in [0.5, 0.6) is 0 Å². The fourth-order valence-electron chi connectivity index (χ4n) is 8.85. The molecular formula is C57H44N2S. The normalized spacial score (nSPS) is 13.6. The zero-order valence-corrected chi connectivity index (χ0v) is 34.2. The number of para-hydroxylation sites is 2. The summed E-state index contributed by atoms with van der Waals surface area (Å²) in [6.45, 7) is 0. The van der Waals surface area contributed by atoms with Crippen molar-refractivity contribution in [2.45, 2.75) is 30.9 Å². The molecule has 2 aliphatic rings. The van der Waals surface area contributed by atoms with Crippen LogP contribution >= 0.6 is 11.8 Å². The van der Waals surface area contributed by atoms with Gasteiger partial charge in [-0.25, -0.2) is 0 Å². The Hall–Kier alpha value is -6.81. The summed E-state index contributed by atoms with van der Waals surface area (Å²) in [5, 5.41) is 5.60. The molecule has 11 rings (SSSR count). The Balaban J connectivity index is 0.949. The van der Waals surface area contributed by atoms with E-state index in [4.69, 9.17) is 0 Å². The molecule has 8 aromatic carbocycles. The molecule has 0 unspecified atom stereocenters. The molecule has 1 heterocycles. The van der Waals surface area contributed by atoms with Crippen molar-refractivity contribution in [3.05, 3.63) is 216 Å². The number of hydrogen-bond donors (Lipinski definition) is 0. The number of fused-ring (bicyclic) bond motifs is 4. The van der Waals surface area contributed by atoms with E-state index in [1.807, 2.05) is 11.8 Å². The molecule has 3 heteroatoms. The van der Waals surface area contributed by atoms with Gasteiger partial charge in [-0.05, 0) is 160 Å². The van der Waals surface area contributed by atoms with Gasteiger partial charge in [0.2, 0.25) is 0 Å². The second-order valence-corrected chi connectivity index (χ2v) is 17.2. The maximum Gasteiger partial charge on any atom is 0.0541 e. The lowest BCUT2D eigenvalue weighted by atomic mass is 9.89. The average Bonchev–Trinajstić information content (AvgIpc) is 4.09. The van der Waals surface area contributed by atoms with Crippen molar-refractivity contribution in [2.75, 3.05) is 4.90 Å². The van der Waals surface area contributed by atoms with Crippen LogP contribution in [0.25, 0.3) is 73.0 Å². The molecule has 2 nitrogen and oxygen atoms in total. The van der Waals surface area contributed by atoms with Crippen molar-refractivity contribution in [2.24, 2.45) is 0 Å². The lowest BCUT2D eigenvalue weighted by Crippen LogP contribution is -2.10. The highest BCUT2D eigenvalue weighted by atomic mass is 32.2. The third kappa shape index (κ3) is 7.06. The van der Waals surface area contributed by atoms with Gasteiger partial charge in [-0.3, -0.25) is 0 Å². The van der Waals surface area contributed by atoms with Crippen molar-refractivity contribution in [1.29, 1.82) is 0 Å². The maximum atomic E-state index is 2.38. The Kier molecular flexibility index (Phi) is 9.52. The standard InChI is InChI=1S/C57H44N2S/c1-2-14-47(15-3-1)59-56-19-7-6-17-54(56)55-39-46(26-35-57(55)59)42-22-29-49(30-23-42)58(50-31-24-44(25-32-50)53-18-9-12-43-11-4-5-16-52(43)53)48-27-20-41(21-28-48)45-13-8-10-40(38-45)36-37-60-51-33-34-51/h1-4,6-15,17-32,35-39,51H,5,16,33-34H2/b37-36+. The summed E-state index contributed by atoms with van der Waals surface area (Å²) in [5.74, 6) is 0.